The lowest BCUT2D eigenvalue weighted by atomic mass is 9.91. The van der Waals surface area contributed by atoms with Crippen molar-refractivity contribution < 1.29 is 41.3 Å². The van der Waals surface area contributed by atoms with Crippen molar-refractivity contribution in [1.29, 1.82) is 0 Å². The van der Waals surface area contributed by atoms with Gasteiger partial charge in [-0.2, -0.15) is 0 Å². The van der Waals surface area contributed by atoms with Gasteiger partial charge in [0.15, 0.2) is 34.7 Å². The van der Waals surface area contributed by atoms with Crippen LogP contribution in [0.25, 0.3) is 11.1 Å². The van der Waals surface area contributed by atoms with Gasteiger partial charge in [-0.1, -0.05) is 91.5 Å². The maximum atomic E-state index is 14.2. The number of nitrogens with one attached hydrogen (secondary N) is 1. The Hall–Kier alpha value is -4.69. The van der Waals surface area contributed by atoms with Crippen LogP contribution in [0.5, 0.6) is 0 Å². The van der Waals surface area contributed by atoms with Crippen LogP contribution in [-0.4, -0.2) is 32.8 Å². The van der Waals surface area contributed by atoms with E-state index >= 15 is 0 Å². The number of rotatable bonds is 10. The molecule has 13 heteroatoms. The highest BCUT2D eigenvalue weighted by Gasteiger charge is 2.38. The van der Waals surface area contributed by atoms with Gasteiger partial charge in [0, 0.05) is 36.2 Å². The van der Waals surface area contributed by atoms with Crippen molar-refractivity contribution in [3.8, 4) is 11.1 Å². The molecule has 0 spiro atoms. The third-order valence-corrected chi connectivity index (χ3v) is 9.39. The van der Waals surface area contributed by atoms with Crippen LogP contribution < -0.4 is 5.32 Å². The average molecular weight is 708 g/mol. The predicted octanol–water partition coefficient (Wildman–Crippen LogP) is 7.85. The van der Waals surface area contributed by atoms with E-state index in [0.717, 1.165) is 22.3 Å². The van der Waals surface area contributed by atoms with Crippen LogP contribution in [0.1, 0.15) is 51.9 Å². The molecule has 6 rings (SSSR count). The summed E-state index contributed by atoms with van der Waals surface area (Å²) in [4.78, 5) is 21.2. The normalized spacial score (nSPS) is 18.9. The van der Waals surface area contributed by atoms with E-state index in [9.17, 15) is 31.9 Å². The van der Waals surface area contributed by atoms with Gasteiger partial charge < -0.3 is 19.9 Å². The van der Waals surface area contributed by atoms with E-state index in [4.69, 9.17) is 9.47 Å². The Morgan fingerprint density at radius 2 is 1.42 bits per heavy atom. The van der Waals surface area contributed by atoms with Crippen molar-refractivity contribution in [2.45, 2.75) is 43.7 Å². The van der Waals surface area contributed by atoms with Gasteiger partial charge in [-0.25, -0.2) is 31.9 Å². The summed E-state index contributed by atoms with van der Waals surface area (Å²) in [5.74, 6) is -12.1. The number of hydrogen-bond acceptors (Lipinski definition) is 7. The molecule has 4 aromatic carbocycles. The topological polar surface area (TPSA) is 93.6 Å². The average Bonchev–Trinajstić information content (AvgIpc) is 3.16. The molecule has 0 bridgehead atoms. The minimum Gasteiger partial charge on any atom is -0.392 e. The molecule has 7 nitrogen and oxygen atoms in total. The Bertz CT molecular complexity index is 1940. The van der Waals surface area contributed by atoms with E-state index < -0.39 is 46.8 Å². The molecule has 1 aliphatic rings. The second-order valence-corrected chi connectivity index (χ2v) is 12.6. The van der Waals surface area contributed by atoms with Crippen molar-refractivity contribution in [2.75, 3.05) is 5.75 Å². The first-order chi connectivity index (χ1) is 24.2. The molecule has 1 saturated heterocycles. The number of thioether (sulfide) groups is 1. The number of hydrogen-bond donors (Lipinski definition) is 2. The van der Waals surface area contributed by atoms with E-state index in [1.807, 2.05) is 48.5 Å². The zero-order valence-electron chi connectivity index (χ0n) is 26.5. The van der Waals surface area contributed by atoms with Crippen LogP contribution in [0, 0.1) is 35.0 Å². The molecule has 4 atom stereocenters. The summed E-state index contributed by atoms with van der Waals surface area (Å²) in [6.07, 6.45) is 2.05. The van der Waals surface area contributed by atoms with Gasteiger partial charge >= 0.3 is 0 Å². The van der Waals surface area contributed by atoms with Gasteiger partial charge in [0.05, 0.1) is 18.8 Å². The van der Waals surface area contributed by atoms with Gasteiger partial charge in [0.1, 0.15) is 5.56 Å². The molecule has 1 fully saturated rings. The number of ether oxygens (including phenoxy) is 2. The Morgan fingerprint density at radius 1 is 0.800 bits per heavy atom. The summed E-state index contributed by atoms with van der Waals surface area (Å²) in [6, 6.07) is 23.6. The Morgan fingerprint density at radius 3 is 2.08 bits per heavy atom. The summed E-state index contributed by atoms with van der Waals surface area (Å²) < 4.78 is 82.3. The number of aliphatic hydroxyl groups is 1. The molecule has 1 aromatic heterocycles. The fourth-order valence-corrected chi connectivity index (χ4v) is 6.64. The summed E-state index contributed by atoms with van der Waals surface area (Å²) in [5, 5.41) is 12.4. The van der Waals surface area contributed by atoms with Gasteiger partial charge in [-0.15, -0.1) is 0 Å². The molecule has 0 radical (unpaired) electrons. The molecule has 5 aromatic rings. The SMILES string of the molecule is C[C@H]1[C@@H](CSc2ncccn2)O[C@@H](c2ccc(-c3ccccc3CNC(=O)c3c(F)c(F)c(F)c(F)c3F)cc2)O[C@H]1c1ccc(CO)cc1. The fraction of sp³-hybridized carbons (Fsp3) is 0.216. The van der Waals surface area contributed by atoms with Crippen LogP contribution in [0.3, 0.4) is 0 Å². The molecule has 1 aliphatic heterocycles. The summed E-state index contributed by atoms with van der Waals surface area (Å²) in [6.45, 7) is 1.73. The number of aromatic nitrogens is 2. The second kappa shape index (κ2) is 15.5. The maximum Gasteiger partial charge on any atom is 0.257 e. The van der Waals surface area contributed by atoms with Crippen LogP contribution in [-0.2, 0) is 22.6 Å². The van der Waals surface area contributed by atoms with E-state index in [-0.39, 0.29) is 31.3 Å². The lowest BCUT2D eigenvalue weighted by molar-refractivity contribution is -0.268. The van der Waals surface area contributed by atoms with Crippen molar-refractivity contribution >= 4 is 17.7 Å². The first-order valence-corrected chi connectivity index (χ1v) is 16.5. The van der Waals surface area contributed by atoms with E-state index in [0.29, 0.717) is 22.0 Å². The monoisotopic (exact) mass is 707 g/mol. The zero-order valence-corrected chi connectivity index (χ0v) is 27.3. The fourth-order valence-electron chi connectivity index (χ4n) is 5.67. The first kappa shape index (κ1) is 35.1. The highest BCUT2D eigenvalue weighted by molar-refractivity contribution is 7.99. The van der Waals surface area contributed by atoms with Crippen molar-refractivity contribution in [2.24, 2.45) is 5.92 Å². The van der Waals surface area contributed by atoms with Crippen LogP contribution in [0.4, 0.5) is 22.0 Å². The second-order valence-electron chi connectivity index (χ2n) is 11.6. The maximum absolute atomic E-state index is 14.2. The quantitative estimate of drug-likeness (QED) is 0.0502. The molecule has 0 unspecified atom stereocenters. The van der Waals surface area contributed by atoms with Gasteiger partial charge in [-0.3, -0.25) is 4.79 Å². The van der Waals surface area contributed by atoms with Crippen LogP contribution in [0.2, 0.25) is 0 Å². The standard InChI is InChI=1S/C37H30F5N3O4S/c1-20-27(19-50-37-43-15-4-16-44-37)48-36(49-34(20)23-9-7-21(18-46)8-10-23)24-13-11-22(12-14-24)26-6-3-2-5-25(26)17-45-35(47)28-29(38)31(40)33(42)32(41)30(28)39/h2-16,20,27,34,36,46H,17-19H2,1H3,(H,45,47)/t20-,27+,34+,36+/m0/s1. The molecule has 0 saturated carbocycles. The van der Waals surface area contributed by atoms with Gasteiger partial charge in [0.25, 0.3) is 5.91 Å². The summed E-state index contributed by atoms with van der Waals surface area (Å²) >= 11 is 1.48. The molecule has 0 aliphatic carbocycles. The Kier molecular flexibility index (Phi) is 10.9. The molecule has 2 heterocycles. The minimum atomic E-state index is -2.34. The van der Waals surface area contributed by atoms with Crippen molar-refractivity contribution in [3.63, 3.8) is 0 Å². The number of amides is 1. The minimum absolute atomic E-state index is 0.0476. The first-order valence-electron chi connectivity index (χ1n) is 15.5. The predicted molar refractivity (Wildman–Crippen MR) is 175 cm³/mol. The largest absolute Gasteiger partial charge is 0.392 e. The number of halogens is 5. The number of aliphatic hydroxyl groups excluding tert-OH is 1. The number of carbonyl (C=O) groups excluding carboxylic acids is 1. The molecular formula is C37H30F5N3O4S. The third-order valence-electron chi connectivity index (χ3n) is 8.43. The van der Waals surface area contributed by atoms with Crippen molar-refractivity contribution in [1.82, 2.24) is 15.3 Å². The Labute approximate surface area is 288 Å². The van der Waals surface area contributed by atoms with E-state index in [1.165, 1.54) is 11.8 Å². The molecule has 258 valence electrons. The smallest absolute Gasteiger partial charge is 0.257 e. The zero-order chi connectivity index (χ0) is 35.4. The van der Waals surface area contributed by atoms with Crippen LogP contribution in [0.15, 0.2) is 96.4 Å². The number of carbonyl (C=O) groups is 1. The summed E-state index contributed by atoms with van der Waals surface area (Å²) in [5.41, 5.74) is 2.82. The molecule has 1 amide bonds. The Balaban J connectivity index is 1.21. The highest BCUT2D eigenvalue weighted by Crippen LogP contribution is 2.43. The number of benzene rings is 4. The molecule has 50 heavy (non-hydrogen) atoms. The van der Waals surface area contributed by atoms with E-state index in [2.05, 4.69) is 22.2 Å². The third kappa shape index (κ3) is 7.41. The molecular weight excluding hydrogens is 677 g/mol. The number of nitrogens with zero attached hydrogens (tertiary/aromatic N) is 2. The lowest BCUT2D eigenvalue weighted by Crippen LogP contribution is -2.38. The van der Waals surface area contributed by atoms with Crippen LogP contribution >= 0.6 is 11.8 Å². The van der Waals surface area contributed by atoms with Crippen molar-refractivity contribution in [3.05, 3.63) is 148 Å². The molecule has 2 N–H and O–H groups in total. The summed E-state index contributed by atoms with van der Waals surface area (Å²) in [7, 11) is 0. The van der Waals surface area contributed by atoms with Gasteiger partial charge in [0.2, 0.25) is 5.82 Å². The lowest BCUT2D eigenvalue weighted by Gasteiger charge is -2.41. The van der Waals surface area contributed by atoms with E-state index in [1.54, 1.807) is 42.7 Å². The highest BCUT2D eigenvalue weighted by atomic mass is 32.2. The van der Waals surface area contributed by atoms with Gasteiger partial charge in [-0.05, 0) is 33.9 Å².